The molecule has 3 aliphatic heterocycles. The second-order valence-corrected chi connectivity index (χ2v) is 18.8. The first-order valence-electron chi connectivity index (χ1n) is 21.9. The van der Waals surface area contributed by atoms with E-state index in [4.69, 9.17) is 33.7 Å². The molecule has 0 unspecified atom stereocenters. The van der Waals surface area contributed by atoms with Gasteiger partial charge in [-0.2, -0.15) is 0 Å². The maximum absolute atomic E-state index is 5.96. The largest absolute Gasteiger partial charge is 0.490 e. The van der Waals surface area contributed by atoms with Crippen LogP contribution in [-0.2, 0) is 31.6 Å². The van der Waals surface area contributed by atoms with Crippen molar-refractivity contribution >= 4 is 55.2 Å². The van der Waals surface area contributed by atoms with Crippen LogP contribution in [0.15, 0.2) is 47.7 Å². The van der Waals surface area contributed by atoms with Crippen LogP contribution in [0.4, 0.5) is 0 Å². The Bertz CT molecular complexity index is 2260. The third kappa shape index (κ3) is 8.08. The van der Waals surface area contributed by atoms with Crippen LogP contribution in [0.2, 0.25) is 0 Å². The van der Waals surface area contributed by atoms with Gasteiger partial charge in [0.05, 0.1) is 78.0 Å². The lowest BCUT2D eigenvalue weighted by Crippen LogP contribution is -2.41. The number of aromatic nitrogens is 6. The molecule has 0 atom stereocenters. The lowest BCUT2D eigenvalue weighted by molar-refractivity contribution is 0.00578. The number of hydrogen-bond acceptors (Lipinski definition) is 8. The zero-order chi connectivity index (χ0) is 39.9. The van der Waals surface area contributed by atoms with E-state index >= 15 is 0 Å². The van der Waals surface area contributed by atoms with Crippen molar-refractivity contribution in [2.45, 2.75) is 141 Å². The van der Waals surface area contributed by atoms with Gasteiger partial charge in [0.1, 0.15) is 17.2 Å². The number of ether oxygens (including phenoxy) is 2. The predicted octanol–water partition coefficient (Wildman–Crippen LogP) is 10.6. The van der Waals surface area contributed by atoms with Gasteiger partial charge in [-0.1, -0.05) is 78.8 Å². The highest BCUT2D eigenvalue weighted by Crippen LogP contribution is 2.42. The molecule has 58 heavy (non-hydrogen) atoms. The lowest BCUT2D eigenvalue weighted by atomic mass is 9.75. The molecule has 0 aromatic carbocycles. The molecule has 7 aliphatic rings. The minimum absolute atomic E-state index is 0.182. The summed E-state index contributed by atoms with van der Waals surface area (Å²) in [5.41, 5.74) is 12.6. The van der Waals surface area contributed by atoms with Crippen LogP contribution in [0.5, 0.6) is 0 Å². The van der Waals surface area contributed by atoms with Crippen molar-refractivity contribution in [1.29, 1.82) is 0 Å². The van der Waals surface area contributed by atoms with E-state index in [0.29, 0.717) is 18.4 Å². The van der Waals surface area contributed by atoms with E-state index in [0.717, 1.165) is 83.6 Å². The molecule has 1 saturated heterocycles. The molecule has 2 saturated carbocycles. The van der Waals surface area contributed by atoms with E-state index in [1.54, 1.807) is 0 Å². The fourth-order valence-corrected chi connectivity index (χ4v) is 10.0. The third-order valence-electron chi connectivity index (χ3n) is 13.6. The molecular weight excluding hydrogens is 791 g/mol. The van der Waals surface area contributed by atoms with Gasteiger partial charge in [0.25, 0.3) is 0 Å². The maximum Gasteiger partial charge on any atom is 0.490 e. The van der Waals surface area contributed by atoms with Crippen molar-refractivity contribution < 1.29 is 18.8 Å². The summed E-state index contributed by atoms with van der Waals surface area (Å²) in [6.07, 6.45) is 29.6. The number of nitrogens with zero attached hydrogens (tertiary/aromatic N) is 4. The smallest absolute Gasteiger partial charge is 0.400 e. The quantitative estimate of drug-likeness (QED) is 0.195. The van der Waals surface area contributed by atoms with Crippen molar-refractivity contribution in [3.05, 3.63) is 81.9 Å². The van der Waals surface area contributed by atoms with Gasteiger partial charge in [-0.25, -0.2) is 9.97 Å². The molecule has 0 radical (unpaired) electrons. The maximum atomic E-state index is 5.96. The van der Waals surface area contributed by atoms with E-state index in [9.17, 15) is 0 Å². The Labute approximate surface area is 351 Å². The zero-order valence-electron chi connectivity index (χ0n) is 34.7. The Morgan fingerprint density at radius 3 is 1.74 bits per heavy atom. The number of rotatable bonds is 4. The Hall–Kier alpha value is -3.42. The molecular formula is C46H58BBrN6O4. The van der Waals surface area contributed by atoms with Gasteiger partial charge in [0.2, 0.25) is 0 Å². The van der Waals surface area contributed by atoms with Gasteiger partial charge < -0.3 is 28.8 Å². The van der Waals surface area contributed by atoms with E-state index in [1.165, 1.54) is 103 Å². The SMILES string of the molecule is BrC1=CCc2ncc3[nH]c(C4CCCCC4)nc3c21.C1=C(C2=CCc3ncc4[nH]c(C5CCCCC5)nc4c32)CCOC1.CC1(C)OB(C2=CCOCC2)OC1(C)C. The molecule has 306 valence electrons. The van der Waals surface area contributed by atoms with Crippen LogP contribution >= 0.6 is 15.9 Å². The number of allylic oxidation sites excluding steroid dienone is 3. The van der Waals surface area contributed by atoms with Crippen molar-refractivity contribution in [1.82, 2.24) is 29.9 Å². The number of imidazole rings is 2. The first kappa shape index (κ1) is 40.0. The Kier molecular flexibility index (Phi) is 11.7. The summed E-state index contributed by atoms with van der Waals surface area (Å²) in [7, 11) is -0.182. The minimum atomic E-state index is -0.239. The fraction of sp³-hybridized carbons (Fsp3) is 0.565. The molecule has 2 N–H and O–H groups in total. The topological polar surface area (TPSA) is 120 Å². The van der Waals surface area contributed by atoms with E-state index in [2.05, 4.69) is 82.9 Å². The van der Waals surface area contributed by atoms with Crippen LogP contribution in [0.3, 0.4) is 0 Å². The average molecular weight is 850 g/mol. The molecule has 3 fully saturated rings. The summed E-state index contributed by atoms with van der Waals surface area (Å²) < 4.78 is 23.8. The molecule has 4 aromatic heterocycles. The first-order valence-corrected chi connectivity index (χ1v) is 22.7. The van der Waals surface area contributed by atoms with Crippen LogP contribution in [0.1, 0.15) is 151 Å². The molecule has 7 heterocycles. The summed E-state index contributed by atoms with van der Waals surface area (Å²) in [5, 5.41) is 0. The lowest BCUT2D eigenvalue weighted by Gasteiger charge is -2.32. The minimum Gasteiger partial charge on any atom is -0.400 e. The van der Waals surface area contributed by atoms with Gasteiger partial charge >= 0.3 is 7.12 Å². The van der Waals surface area contributed by atoms with Crippen LogP contribution in [0, 0.1) is 0 Å². The van der Waals surface area contributed by atoms with Crippen molar-refractivity contribution in [2.24, 2.45) is 0 Å². The molecule has 4 aromatic rings. The van der Waals surface area contributed by atoms with E-state index < -0.39 is 0 Å². The second-order valence-electron chi connectivity index (χ2n) is 17.9. The van der Waals surface area contributed by atoms with E-state index in [-0.39, 0.29) is 18.3 Å². The van der Waals surface area contributed by atoms with Gasteiger partial charge in [0, 0.05) is 40.3 Å². The van der Waals surface area contributed by atoms with E-state index in [1.807, 2.05) is 12.4 Å². The molecule has 11 rings (SSSR count). The Balaban J connectivity index is 0.000000116. The number of nitrogens with one attached hydrogen (secondary N) is 2. The number of pyridine rings is 2. The Morgan fingerprint density at radius 1 is 0.655 bits per heavy atom. The monoisotopic (exact) mass is 848 g/mol. The third-order valence-corrected chi connectivity index (χ3v) is 14.3. The number of hydrogen-bond donors (Lipinski definition) is 2. The van der Waals surface area contributed by atoms with Crippen molar-refractivity contribution in [3.63, 3.8) is 0 Å². The van der Waals surface area contributed by atoms with Gasteiger partial charge in [-0.05, 0) is 82.8 Å². The highest BCUT2D eigenvalue weighted by atomic mass is 79.9. The molecule has 0 spiro atoms. The summed E-state index contributed by atoms with van der Waals surface area (Å²) in [6, 6.07) is 0. The number of H-pyrrole nitrogens is 2. The zero-order valence-corrected chi connectivity index (χ0v) is 36.3. The fourth-order valence-electron chi connectivity index (χ4n) is 9.45. The summed E-state index contributed by atoms with van der Waals surface area (Å²) in [5.74, 6) is 3.54. The number of aromatic amines is 2. The van der Waals surface area contributed by atoms with Gasteiger partial charge in [0.15, 0.2) is 0 Å². The molecule has 0 amide bonds. The summed E-state index contributed by atoms with van der Waals surface area (Å²) >= 11 is 3.63. The Morgan fingerprint density at radius 2 is 1.19 bits per heavy atom. The normalized spacial score (nSPS) is 22.9. The summed E-state index contributed by atoms with van der Waals surface area (Å²) in [4.78, 5) is 26.3. The van der Waals surface area contributed by atoms with Crippen LogP contribution in [-0.4, -0.2) is 74.7 Å². The molecule has 4 aliphatic carbocycles. The second kappa shape index (κ2) is 16.9. The predicted molar refractivity (Wildman–Crippen MR) is 235 cm³/mol. The number of fused-ring (bicyclic) bond motifs is 6. The van der Waals surface area contributed by atoms with Crippen LogP contribution < -0.4 is 0 Å². The first-order chi connectivity index (χ1) is 28.1. The standard InChI is InChI=1S/C20H23N3O.C15H16BrN3.C11H19BO3/c1-2-4-14(5-3-1)20-22-17-12-21-16-7-6-15(18(16)19(17)23-20)13-8-10-24-11-9-13;16-10-6-7-11-13(10)14-12(8-17-11)18-15(19-14)9-4-2-1-3-5-9;1-10(2)11(3,4)15-12(14-10)9-5-7-13-8-6-9/h6,8,12,14H,1-5,7,9-11H2,(H,22,23);6,8-9H,1-5,7H2,(H,18,19);5H,6-8H2,1-4H3. The van der Waals surface area contributed by atoms with Crippen molar-refractivity contribution in [3.8, 4) is 0 Å². The number of halogens is 1. The average Bonchev–Trinajstić information content (AvgIpc) is 4.09. The highest BCUT2D eigenvalue weighted by Gasteiger charge is 2.52. The molecule has 10 nitrogen and oxygen atoms in total. The van der Waals surface area contributed by atoms with Crippen molar-refractivity contribution in [2.75, 3.05) is 26.4 Å². The molecule has 12 heteroatoms. The van der Waals surface area contributed by atoms with Gasteiger partial charge in [-0.15, -0.1) is 0 Å². The summed E-state index contributed by atoms with van der Waals surface area (Å²) in [6.45, 7) is 11.3. The molecule has 0 bridgehead atoms. The van der Waals surface area contributed by atoms with Gasteiger partial charge in [-0.3, -0.25) is 9.97 Å². The highest BCUT2D eigenvalue weighted by molar-refractivity contribution is 9.15. The van der Waals surface area contributed by atoms with Crippen LogP contribution in [0.25, 0.3) is 32.1 Å².